The molecule has 0 saturated carbocycles. The Bertz CT molecular complexity index is 1010. The number of alkyl halides is 3. The lowest BCUT2D eigenvalue weighted by molar-refractivity contribution is -0.137. The lowest BCUT2D eigenvalue weighted by Gasteiger charge is -2.31. The van der Waals surface area contributed by atoms with Crippen molar-refractivity contribution in [1.29, 1.82) is 0 Å². The van der Waals surface area contributed by atoms with Gasteiger partial charge in [-0.15, -0.1) is 0 Å². The normalized spacial score (nSPS) is 16.4. The van der Waals surface area contributed by atoms with E-state index in [1.807, 2.05) is 13.8 Å². The third-order valence-corrected chi connectivity index (χ3v) is 5.98. The topological polar surface area (TPSA) is 48.5 Å². The molecule has 0 unspecified atom stereocenters. The quantitative estimate of drug-likeness (QED) is 0.379. The van der Waals surface area contributed by atoms with Crippen LogP contribution in [0.25, 0.3) is 0 Å². The van der Waals surface area contributed by atoms with Crippen molar-refractivity contribution in [2.24, 2.45) is 0 Å². The number of nitrogens with one attached hydrogen (secondary N) is 1. The first-order valence-corrected chi connectivity index (χ1v) is 11.7. The Morgan fingerprint density at radius 2 is 2.03 bits per heavy atom. The van der Waals surface area contributed by atoms with E-state index in [-0.39, 0.29) is 28.5 Å². The summed E-state index contributed by atoms with van der Waals surface area (Å²) in [6.07, 6.45) is -2.76. The summed E-state index contributed by atoms with van der Waals surface area (Å²) in [4.78, 5) is 21.2. The van der Waals surface area contributed by atoms with E-state index in [1.54, 1.807) is 4.90 Å². The van der Waals surface area contributed by atoms with E-state index in [0.717, 1.165) is 12.1 Å². The number of carbonyl (C=O) groups is 1. The van der Waals surface area contributed by atoms with Gasteiger partial charge in [0.15, 0.2) is 0 Å². The summed E-state index contributed by atoms with van der Waals surface area (Å²) in [5, 5.41) is 3.19. The van der Waals surface area contributed by atoms with E-state index < -0.39 is 23.6 Å². The lowest BCUT2D eigenvalue weighted by atomic mass is 10.1. The maximum atomic E-state index is 13.8. The van der Waals surface area contributed by atoms with Crippen molar-refractivity contribution in [1.82, 2.24) is 10.3 Å². The van der Waals surface area contributed by atoms with Gasteiger partial charge in [0, 0.05) is 30.5 Å². The third kappa shape index (κ3) is 6.39. The van der Waals surface area contributed by atoms with Crippen LogP contribution in [0.4, 0.5) is 29.1 Å². The molecule has 1 saturated heterocycles. The van der Waals surface area contributed by atoms with Crippen LogP contribution in [0.1, 0.15) is 44.4 Å². The van der Waals surface area contributed by atoms with Crippen molar-refractivity contribution in [3.63, 3.8) is 0 Å². The number of pyridine rings is 1. The zero-order valence-electron chi connectivity index (χ0n) is 19.4. The van der Waals surface area contributed by atoms with Gasteiger partial charge in [0.05, 0.1) is 10.6 Å². The Labute approximate surface area is 202 Å². The van der Waals surface area contributed by atoms with Crippen molar-refractivity contribution in [3.8, 4) is 0 Å². The highest BCUT2D eigenvalue weighted by molar-refractivity contribution is 6.31. The number of amides is 1. The first-order chi connectivity index (χ1) is 16.0. The fourth-order valence-corrected chi connectivity index (χ4v) is 4.26. The van der Waals surface area contributed by atoms with E-state index in [4.69, 9.17) is 11.6 Å². The van der Waals surface area contributed by atoms with Crippen LogP contribution in [0, 0.1) is 12.7 Å². The average Bonchev–Trinajstić information content (AvgIpc) is 3.24. The molecule has 3 rings (SSSR count). The number of rotatable bonds is 8. The van der Waals surface area contributed by atoms with Gasteiger partial charge in [-0.05, 0) is 63.1 Å². The van der Waals surface area contributed by atoms with Crippen molar-refractivity contribution in [3.05, 3.63) is 52.4 Å². The molecule has 0 radical (unpaired) electrons. The van der Waals surface area contributed by atoms with Crippen molar-refractivity contribution >= 4 is 29.0 Å². The molecule has 10 heteroatoms. The average molecular weight is 501 g/mol. The second-order valence-corrected chi connectivity index (χ2v) is 9.16. The number of aryl methyl sites for hydroxylation is 1. The maximum Gasteiger partial charge on any atom is 0.416 e. The Morgan fingerprint density at radius 3 is 2.68 bits per heavy atom. The van der Waals surface area contributed by atoms with E-state index in [9.17, 15) is 22.4 Å². The molecular formula is C24H29ClF4N4O. The van der Waals surface area contributed by atoms with Gasteiger partial charge >= 0.3 is 6.18 Å². The van der Waals surface area contributed by atoms with Gasteiger partial charge in [-0.3, -0.25) is 4.79 Å². The predicted octanol–water partition coefficient (Wildman–Crippen LogP) is 5.59. The van der Waals surface area contributed by atoms with Gasteiger partial charge in [0.2, 0.25) is 5.91 Å². The summed E-state index contributed by atoms with van der Waals surface area (Å²) in [5.41, 5.74) is -0.124. The molecule has 1 N–H and O–H groups in total. The molecule has 34 heavy (non-hydrogen) atoms. The molecule has 2 heterocycles. The molecule has 2 aromatic rings. The monoisotopic (exact) mass is 500 g/mol. The summed E-state index contributed by atoms with van der Waals surface area (Å²) in [6, 6.07) is 5.67. The largest absolute Gasteiger partial charge is 0.416 e. The molecule has 1 aromatic carbocycles. The molecule has 1 fully saturated rings. The molecule has 0 bridgehead atoms. The lowest BCUT2D eigenvalue weighted by Crippen LogP contribution is -2.47. The minimum absolute atomic E-state index is 0.103. The summed E-state index contributed by atoms with van der Waals surface area (Å²) < 4.78 is 53.9. The van der Waals surface area contributed by atoms with Crippen LogP contribution in [-0.2, 0) is 11.0 Å². The highest BCUT2D eigenvalue weighted by Gasteiger charge is 2.37. The van der Waals surface area contributed by atoms with Crippen molar-refractivity contribution in [2.45, 2.75) is 58.3 Å². The number of hydrogen-bond acceptors (Lipinski definition) is 4. The molecule has 1 atom stereocenters. The van der Waals surface area contributed by atoms with Crippen LogP contribution in [0.5, 0.6) is 0 Å². The third-order valence-electron chi connectivity index (χ3n) is 5.69. The van der Waals surface area contributed by atoms with E-state index in [1.165, 1.54) is 30.0 Å². The van der Waals surface area contributed by atoms with Gasteiger partial charge in [0.1, 0.15) is 17.7 Å². The van der Waals surface area contributed by atoms with Crippen LogP contribution >= 0.6 is 11.6 Å². The van der Waals surface area contributed by atoms with Crippen LogP contribution in [0.15, 0.2) is 30.3 Å². The number of carbonyl (C=O) groups excluding carboxylic acids is 1. The zero-order valence-corrected chi connectivity index (χ0v) is 20.2. The van der Waals surface area contributed by atoms with Crippen LogP contribution in [0.3, 0.4) is 0 Å². The second kappa shape index (κ2) is 10.9. The van der Waals surface area contributed by atoms with Crippen LogP contribution < -0.4 is 15.1 Å². The number of halogens is 5. The Kier molecular flexibility index (Phi) is 8.41. The second-order valence-electron chi connectivity index (χ2n) is 8.76. The summed E-state index contributed by atoms with van der Waals surface area (Å²) in [6.45, 7) is 6.96. The summed E-state index contributed by atoms with van der Waals surface area (Å²) >= 11 is 5.97. The Morgan fingerprint density at radius 1 is 1.29 bits per heavy atom. The van der Waals surface area contributed by atoms with Crippen molar-refractivity contribution < 1.29 is 22.4 Å². The molecule has 0 aliphatic carbocycles. The fourth-order valence-electron chi connectivity index (χ4n) is 4.09. The van der Waals surface area contributed by atoms with E-state index in [2.05, 4.69) is 10.3 Å². The molecule has 0 spiro atoms. The molecule has 1 aromatic heterocycles. The predicted molar refractivity (Wildman–Crippen MR) is 126 cm³/mol. The van der Waals surface area contributed by atoms with Gasteiger partial charge in [0.25, 0.3) is 0 Å². The van der Waals surface area contributed by atoms with Gasteiger partial charge < -0.3 is 15.1 Å². The zero-order chi connectivity index (χ0) is 25.0. The number of anilines is 2. The maximum absolute atomic E-state index is 13.8. The molecule has 186 valence electrons. The van der Waals surface area contributed by atoms with Gasteiger partial charge in [-0.1, -0.05) is 25.4 Å². The van der Waals surface area contributed by atoms with E-state index >= 15 is 0 Å². The summed E-state index contributed by atoms with van der Waals surface area (Å²) in [5.74, 6) is -0.742. The molecule has 5 nitrogen and oxygen atoms in total. The molecule has 1 aliphatic rings. The van der Waals surface area contributed by atoms with Crippen molar-refractivity contribution in [2.75, 3.05) is 29.4 Å². The molecule has 1 amide bonds. The highest BCUT2D eigenvalue weighted by atomic mass is 35.5. The SMILES string of the molecule is Cc1cc(C(F)(F)F)cc(N2CCC[C@H]2C(=O)N(CCCNC(C)C)c2ccc(F)c(Cl)c2)n1. The first-order valence-electron chi connectivity index (χ1n) is 11.3. The molecule has 1 aliphatic heterocycles. The minimum Gasteiger partial charge on any atom is -0.345 e. The standard InChI is InChI=1S/C24H29ClF4N4O/c1-15(2)30-9-5-11-32(18-7-8-20(26)19(25)14-18)23(34)21-6-4-10-33(21)22-13-17(24(27,28)29)12-16(3)31-22/h7-8,12-15,21,30H,4-6,9-11H2,1-3H3/t21-/m0/s1. The van der Waals surface area contributed by atoms with Gasteiger partial charge in [-0.2, -0.15) is 13.2 Å². The first kappa shape index (κ1) is 26.2. The van der Waals surface area contributed by atoms with Crippen LogP contribution in [-0.4, -0.2) is 42.6 Å². The number of aromatic nitrogens is 1. The number of hydrogen-bond donors (Lipinski definition) is 1. The Hall–Kier alpha value is -2.39. The number of nitrogens with zero attached hydrogens (tertiary/aromatic N) is 3. The minimum atomic E-state index is -4.51. The smallest absolute Gasteiger partial charge is 0.345 e. The van der Waals surface area contributed by atoms with E-state index in [0.29, 0.717) is 44.6 Å². The fraction of sp³-hybridized carbons (Fsp3) is 0.500. The Balaban J connectivity index is 1.90. The van der Waals surface area contributed by atoms with Gasteiger partial charge in [-0.25, -0.2) is 9.37 Å². The highest BCUT2D eigenvalue weighted by Crippen LogP contribution is 2.34. The molecular weight excluding hydrogens is 472 g/mol. The number of benzene rings is 1. The summed E-state index contributed by atoms with van der Waals surface area (Å²) in [7, 11) is 0. The van der Waals surface area contributed by atoms with Crippen LogP contribution in [0.2, 0.25) is 5.02 Å².